The number of ketones is 1. The minimum Gasteiger partial charge on any atom is -0.393 e. The molecular weight excluding hydrogens is 286 g/mol. The summed E-state index contributed by atoms with van der Waals surface area (Å²) in [5, 5.41) is 20.2. The monoisotopic (exact) mass is 313 g/mol. The van der Waals surface area contributed by atoms with Crippen molar-refractivity contribution < 1.29 is 9.90 Å². The minimum absolute atomic E-state index is 0.0650. The molecule has 1 N–H and O–H groups in total. The Labute approximate surface area is 138 Å². The number of allylic oxidation sites excluding steroid dienone is 2. The van der Waals surface area contributed by atoms with Gasteiger partial charge in [-0.2, -0.15) is 5.26 Å². The molecule has 0 amide bonds. The van der Waals surface area contributed by atoms with Crippen LogP contribution in [-0.2, 0) is 4.79 Å². The van der Waals surface area contributed by atoms with E-state index >= 15 is 0 Å². The molecular formula is C20H27NO2. The van der Waals surface area contributed by atoms with Gasteiger partial charge in [-0.15, -0.1) is 0 Å². The van der Waals surface area contributed by atoms with Crippen LogP contribution in [0.25, 0.3) is 0 Å². The zero-order chi connectivity index (χ0) is 16.4. The zero-order valence-electron chi connectivity index (χ0n) is 14.2. The number of carbonyl (C=O) groups is 1. The van der Waals surface area contributed by atoms with Crippen LogP contribution in [-0.4, -0.2) is 17.0 Å². The predicted octanol–water partition coefficient (Wildman–Crippen LogP) is 3.63. The van der Waals surface area contributed by atoms with Gasteiger partial charge in [0.1, 0.15) is 5.78 Å². The fourth-order valence-corrected chi connectivity index (χ4v) is 6.72. The number of aliphatic hydroxyl groups excluding tert-OH is 1. The normalized spacial score (nSPS) is 52.0. The maximum Gasteiger partial charge on any atom is 0.138 e. The predicted molar refractivity (Wildman–Crippen MR) is 87.2 cm³/mol. The molecule has 4 rings (SSSR count). The van der Waals surface area contributed by atoms with E-state index in [0.29, 0.717) is 30.6 Å². The summed E-state index contributed by atoms with van der Waals surface area (Å²) in [4.78, 5) is 12.0. The Morgan fingerprint density at radius 3 is 2.78 bits per heavy atom. The summed E-state index contributed by atoms with van der Waals surface area (Å²) < 4.78 is 0. The lowest BCUT2D eigenvalue weighted by Gasteiger charge is -2.58. The average molecular weight is 313 g/mol. The molecule has 0 unspecified atom stereocenters. The third-order valence-corrected chi connectivity index (χ3v) is 8.18. The van der Waals surface area contributed by atoms with Gasteiger partial charge in [0.2, 0.25) is 0 Å². The van der Waals surface area contributed by atoms with Gasteiger partial charge < -0.3 is 5.11 Å². The average Bonchev–Trinajstić information content (AvgIpc) is 2.83. The van der Waals surface area contributed by atoms with Crippen molar-refractivity contribution in [1.29, 1.82) is 5.26 Å². The van der Waals surface area contributed by atoms with Crippen LogP contribution < -0.4 is 0 Å². The van der Waals surface area contributed by atoms with Crippen LogP contribution in [0.4, 0.5) is 0 Å². The molecule has 3 heteroatoms. The number of Topliss-reactive ketones (excluding diaryl/α,β-unsaturated/α-hetero) is 1. The number of hydrogen-bond donors (Lipinski definition) is 1. The molecule has 124 valence electrons. The van der Waals surface area contributed by atoms with E-state index < -0.39 is 0 Å². The summed E-state index contributed by atoms with van der Waals surface area (Å²) >= 11 is 0. The maximum absolute atomic E-state index is 12.0. The molecule has 0 spiro atoms. The molecule has 4 aliphatic carbocycles. The van der Waals surface area contributed by atoms with E-state index in [9.17, 15) is 15.2 Å². The first-order valence-corrected chi connectivity index (χ1v) is 9.20. The highest BCUT2D eigenvalue weighted by Gasteiger charge is 2.60. The summed E-state index contributed by atoms with van der Waals surface area (Å²) in [6.45, 7) is 4.53. The molecule has 0 aromatic heterocycles. The van der Waals surface area contributed by atoms with Crippen LogP contribution in [0.1, 0.15) is 58.8 Å². The fourth-order valence-electron chi connectivity index (χ4n) is 6.72. The van der Waals surface area contributed by atoms with Crippen molar-refractivity contribution >= 4 is 5.78 Å². The van der Waals surface area contributed by atoms with Crippen LogP contribution in [0.5, 0.6) is 0 Å². The summed E-state index contributed by atoms with van der Waals surface area (Å²) in [6, 6.07) is 2.47. The molecule has 7 atom stereocenters. The van der Waals surface area contributed by atoms with Crippen molar-refractivity contribution in [1.82, 2.24) is 0 Å². The van der Waals surface area contributed by atoms with Crippen LogP contribution in [0.15, 0.2) is 11.6 Å². The summed E-state index contributed by atoms with van der Waals surface area (Å²) in [6.07, 6.45) is 8.36. The van der Waals surface area contributed by atoms with Crippen LogP contribution in [0.3, 0.4) is 0 Å². The van der Waals surface area contributed by atoms with E-state index in [1.165, 1.54) is 5.57 Å². The Kier molecular flexibility index (Phi) is 3.30. The van der Waals surface area contributed by atoms with Crippen LogP contribution in [0, 0.1) is 45.8 Å². The Morgan fingerprint density at radius 1 is 1.26 bits per heavy atom. The quantitative estimate of drug-likeness (QED) is 0.695. The standard InChI is InChI=1S/C20H27NO2/c1-19-8-7-17-15(16(19)5-6-18(19)23)4-3-12-9-14(22)10-13(11-21)20(12,17)2/h3,13,15-18,23H,4-10H2,1-2H3/t13-,15-,16-,17-,18+,19-,20+/m0/s1. The van der Waals surface area contributed by atoms with Gasteiger partial charge in [-0.3, -0.25) is 4.79 Å². The number of rotatable bonds is 0. The molecule has 0 aliphatic heterocycles. The van der Waals surface area contributed by atoms with Gasteiger partial charge in [-0.05, 0) is 55.3 Å². The van der Waals surface area contributed by atoms with Crippen molar-refractivity contribution in [2.75, 3.05) is 0 Å². The van der Waals surface area contributed by atoms with Gasteiger partial charge in [-0.1, -0.05) is 25.5 Å². The third kappa shape index (κ3) is 1.88. The Hall–Kier alpha value is -1.14. The zero-order valence-corrected chi connectivity index (χ0v) is 14.2. The van der Waals surface area contributed by atoms with E-state index in [1.54, 1.807) is 0 Å². The number of nitriles is 1. The lowest BCUT2D eigenvalue weighted by atomic mass is 9.46. The first-order chi connectivity index (χ1) is 10.9. The molecule has 4 aliphatic rings. The maximum atomic E-state index is 12.0. The van der Waals surface area contributed by atoms with E-state index in [0.717, 1.165) is 32.1 Å². The molecule has 0 bridgehead atoms. The highest BCUT2D eigenvalue weighted by Crippen LogP contribution is 2.65. The third-order valence-electron chi connectivity index (χ3n) is 8.18. The SMILES string of the molecule is C[C@]12CC[C@H]3[C@@H](CC=C4CC(=O)C[C@@H](C#N)[C@@]43C)[C@@H]1CC[C@H]2O. The van der Waals surface area contributed by atoms with E-state index in [2.05, 4.69) is 26.0 Å². The van der Waals surface area contributed by atoms with Gasteiger partial charge in [0.25, 0.3) is 0 Å². The van der Waals surface area contributed by atoms with Crippen molar-refractivity contribution in [3.05, 3.63) is 11.6 Å². The molecule has 0 radical (unpaired) electrons. The lowest BCUT2D eigenvalue weighted by Crippen LogP contribution is -2.53. The largest absolute Gasteiger partial charge is 0.393 e. The molecule has 3 fully saturated rings. The number of fused-ring (bicyclic) bond motifs is 5. The number of carbonyl (C=O) groups excluding carboxylic acids is 1. The number of aliphatic hydroxyl groups is 1. The van der Waals surface area contributed by atoms with Gasteiger partial charge >= 0.3 is 0 Å². The Morgan fingerprint density at radius 2 is 2.04 bits per heavy atom. The smallest absolute Gasteiger partial charge is 0.138 e. The number of nitrogens with zero attached hydrogens (tertiary/aromatic N) is 1. The van der Waals surface area contributed by atoms with E-state index in [1.807, 2.05) is 0 Å². The molecule has 23 heavy (non-hydrogen) atoms. The molecule has 0 aromatic rings. The van der Waals surface area contributed by atoms with Crippen LogP contribution >= 0.6 is 0 Å². The molecule has 0 saturated heterocycles. The van der Waals surface area contributed by atoms with Crippen molar-refractivity contribution in [2.45, 2.75) is 64.9 Å². The number of hydrogen-bond acceptors (Lipinski definition) is 3. The Balaban J connectivity index is 1.75. The van der Waals surface area contributed by atoms with Gasteiger partial charge in [-0.25, -0.2) is 0 Å². The highest BCUT2D eigenvalue weighted by atomic mass is 16.3. The van der Waals surface area contributed by atoms with E-state index in [4.69, 9.17) is 0 Å². The minimum atomic E-state index is -0.168. The first kappa shape index (κ1) is 15.4. The van der Waals surface area contributed by atoms with Crippen molar-refractivity contribution in [2.24, 2.45) is 34.5 Å². The van der Waals surface area contributed by atoms with E-state index in [-0.39, 0.29) is 28.6 Å². The molecule has 3 saturated carbocycles. The first-order valence-electron chi connectivity index (χ1n) is 9.20. The second-order valence-corrected chi connectivity index (χ2v) is 8.86. The molecule has 3 nitrogen and oxygen atoms in total. The summed E-state index contributed by atoms with van der Waals surface area (Å²) in [7, 11) is 0. The second kappa shape index (κ2) is 4.93. The fraction of sp³-hybridized carbons (Fsp3) is 0.800. The van der Waals surface area contributed by atoms with Gasteiger partial charge in [0.15, 0.2) is 0 Å². The van der Waals surface area contributed by atoms with Crippen molar-refractivity contribution in [3.8, 4) is 6.07 Å². The van der Waals surface area contributed by atoms with Crippen LogP contribution in [0.2, 0.25) is 0 Å². The Bertz CT molecular complexity index is 618. The molecule has 0 aromatic carbocycles. The summed E-state index contributed by atoms with van der Waals surface area (Å²) in [5.41, 5.74) is 1.18. The van der Waals surface area contributed by atoms with Gasteiger partial charge in [0, 0.05) is 18.3 Å². The van der Waals surface area contributed by atoms with Crippen molar-refractivity contribution in [3.63, 3.8) is 0 Å². The van der Waals surface area contributed by atoms with Gasteiger partial charge in [0.05, 0.1) is 18.1 Å². The summed E-state index contributed by atoms with van der Waals surface area (Å²) in [5.74, 6) is 1.71. The molecule has 0 heterocycles. The topological polar surface area (TPSA) is 61.1 Å². The second-order valence-electron chi connectivity index (χ2n) is 8.86. The lowest BCUT2D eigenvalue weighted by molar-refractivity contribution is -0.125. The highest BCUT2D eigenvalue weighted by molar-refractivity contribution is 5.83.